The quantitative estimate of drug-likeness (QED) is 0.0165. The summed E-state index contributed by atoms with van der Waals surface area (Å²) >= 11 is 0. The molecule has 0 spiro atoms. The molecule has 0 fully saturated rings. The molecule has 0 radical (unpaired) electrons. The van der Waals surface area contributed by atoms with Gasteiger partial charge in [-0.2, -0.15) is 5.06 Å². The van der Waals surface area contributed by atoms with Crippen LogP contribution in [0.15, 0.2) is 114 Å². The highest BCUT2D eigenvalue weighted by molar-refractivity contribution is 6.00. The Labute approximate surface area is 411 Å². The van der Waals surface area contributed by atoms with Gasteiger partial charge in [0.15, 0.2) is 17.3 Å². The van der Waals surface area contributed by atoms with E-state index in [9.17, 15) is 33.6 Å². The highest BCUT2D eigenvalue weighted by Crippen LogP contribution is 2.32. The minimum absolute atomic E-state index is 0.0311. The number of hydrogen-bond acceptors (Lipinski definition) is 14. The lowest BCUT2D eigenvalue weighted by Crippen LogP contribution is -2.49. The number of benzene rings is 4. The summed E-state index contributed by atoms with van der Waals surface area (Å²) < 4.78 is 33.7. The second-order valence-corrected chi connectivity index (χ2v) is 16.3. The number of nitrogens with one attached hydrogen (secondary N) is 3. The molecule has 18 heteroatoms. The summed E-state index contributed by atoms with van der Waals surface area (Å²) in [7, 11) is 0. The highest BCUT2D eigenvalue weighted by Gasteiger charge is 2.34. The molecule has 374 valence electrons. The normalized spacial score (nSPS) is 12.8. The van der Waals surface area contributed by atoms with Crippen molar-refractivity contribution in [3.8, 4) is 28.6 Å². The molecule has 5 aromatic rings. The van der Waals surface area contributed by atoms with Crippen LogP contribution in [0.4, 0.5) is 0 Å². The lowest BCUT2D eigenvalue weighted by atomic mass is 9.90. The third kappa shape index (κ3) is 14.9. The van der Waals surface area contributed by atoms with Crippen molar-refractivity contribution in [2.24, 2.45) is 5.92 Å². The van der Waals surface area contributed by atoms with Crippen LogP contribution in [0.5, 0.6) is 17.2 Å². The van der Waals surface area contributed by atoms with Gasteiger partial charge >= 0.3 is 17.9 Å². The van der Waals surface area contributed by atoms with Crippen LogP contribution in [-0.2, 0) is 46.7 Å². The Balaban J connectivity index is 1.08. The van der Waals surface area contributed by atoms with Crippen molar-refractivity contribution in [1.29, 1.82) is 0 Å². The fraction of sp³-hybridized carbons (Fsp3) is 0.340. The lowest BCUT2D eigenvalue weighted by molar-refractivity contribution is -0.171. The summed E-state index contributed by atoms with van der Waals surface area (Å²) in [6.45, 7) is 5.95. The van der Waals surface area contributed by atoms with Crippen molar-refractivity contribution in [2.45, 2.75) is 84.6 Å². The van der Waals surface area contributed by atoms with E-state index in [-0.39, 0.29) is 61.3 Å². The summed E-state index contributed by atoms with van der Waals surface area (Å²) in [5.74, 6) is -3.91. The number of amides is 4. The predicted molar refractivity (Wildman–Crippen MR) is 257 cm³/mol. The first-order chi connectivity index (χ1) is 34.5. The monoisotopic (exact) mass is 974 g/mol. The van der Waals surface area contributed by atoms with Gasteiger partial charge in [-0.3, -0.25) is 24.0 Å². The standard InChI is InChI=1S/C53H58N4O14/c1-4-7-10-19-39(42(5-2)57(34-58)71-52(63)38-21-23-44-47(29-38)67-27-26-66-44)49(60)54-33-55-51(62)45-25-24-43(70-45)37-20-22-40(46(28-37)65-6-3)50(61)56-41(53(64)69-32-36-17-13-9-14-18-36)30-48(59)68-31-35-15-11-8-12-16-35/h8-9,11-18,20-25,28-29,34,39,41-42H,4-7,10,19,26-27,30-33H2,1-3H3,(H,54,60)(H,55,62)(H,56,61). The molecule has 6 rings (SSSR count). The molecule has 0 saturated carbocycles. The highest BCUT2D eigenvalue weighted by atomic mass is 16.7. The number of hydrogen-bond donors (Lipinski definition) is 3. The van der Waals surface area contributed by atoms with E-state index in [1.165, 1.54) is 30.3 Å². The third-order valence-corrected chi connectivity index (χ3v) is 11.3. The van der Waals surface area contributed by atoms with Crippen molar-refractivity contribution in [3.05, 3.63) is 137 Å². The molecule has 2 heterocycles. The van der Waals surface area contributed by atoms with Gasteiger partial charge in [-0.1, -0.05) is 99.8 Å². The zero-order valence-corrected chi connectivity index (χ0v) is 39.8. The molecule has 0 aliphatic carbocycles. The van der Waals surface area contributed by atoms with Crippen LogP contribution in [0.1, 0.15) is 102 Å². The Bertz CT molecular complexity index is 2600. The fourth-order valence-electron chi connectivity index (χ4n) is 7.65. The first kappa shape index (κ1) is 52.2. The van der Waals surface area contributed by atoms with Crippen LogP contribution in [0.25, 0.3) is 11.3 Å². The molecule has 1 aliphatic heterocycles. The van der Waals surface area contributed by atoms with E-state index < -0.39 is 60.1 Å². The summed E-state index contributed by atoms with van der Waals surface area (Å²) in [5.41, 5.74) is 2.06. The van der Waals surface area contributed by atoms with Gasteiger partial charge < -0.3 is 48.9 Å². The molecule has 71 heavy (non-hydrogen) atoms. The van der Waals surface area contributed by atoms with Gasteiger partial charge in [0, 0.05) is 5.56 Å². The SMILES string of the molecule is CCCCCC(C(=O)NCNC(=O)c1ccc(-c2ccc(C(=O)NC(CC(=O)OCc3ccccc3)C(=O)OCc3ccccc3)c(OCC)c2)o1)C(CC)N(C=O)OC(=O)c1ccc2c(c1)OCCO2. The Hall–Kier alpha value is -8.15. The smallest absolute Gasteiger partial charge is 0.363 e. The Morgan fingerprint density at radius 2 is 1.45 bits per heavy atom. The van der Waals surface area contributed by atoms with E-state index in [1.54, 1.807) is 80.6 Å². The van der Waals surface area contributed by atoms with Crippen molar-refractivity contribution >= 4 is 42.0 Å². The van der Waals surface area contributed by atoms with Crippen molar-refractivity contribution in [2.75, 3.05) is 26.5 Å². The molecule has 1 aromatic heterocycles. The number of furan rings is 1. The molecule has 3 unspecified atom stereocenters. The third-order valence-electron chi connectivity index (χ3n) is 11.3. The number of carbonyl (C=O) groups is 7. The molecule has 1 aliphatic rings. The van der Waals surface area contributed by atoms with E-state index in [4.69, 9.17) is 32.9 Å². The zero-order chi connectivity index (χ0) is 50.5. The number of fused-ring (bicyclic) bond motifs is 1. The van der Waals surface area contributed by atoms with Crippen LogP contribution >= 0.6 is 0 Å². The van der Waals surface area contributed by atoms with Gasteiger partial charge in [-0.05, 0) is 73.4 Å². The van der Waals surface area contributed by atoms with Crippen LogP contribution in [0.3, 0.4) is 0 Å². The summed E-state index contributed by atoms with van der Waals surface area (Å²) in [5, 5.41) is 8.83. The Morgan fingerprint density at radius 1 is 0.746 bits per heavy atom. The topological polar surface area (TPSA) is 227 Å². The first-order valence-corrected chi connectivity index (χ1v) is 23.5. The maximum Gasteiger partial charge on any atom is 0.363 e. The van der Waals surface area contributed by atoms with Gasteiger partial charge in [0.2, 0.25) is 12.3 Å². The zero-order valence-electron chi connectivity index (χ0n) is 39.8. The van der Waals surface area contributed by atoms with Gasteiger partial charge in [-0.25, -0.2) is 9.59 Å². The number of carbonyl (C=O) groups excluding carboxylic acids is 7. The minimum Gasteiger partial charge on any atom is -0.493 e. The summed E-state index contributed by atoms with van der Waals surface area (Å²) in [4.78, 5) is 98.3. The number of rotatable bonds is 26. The summed E-state index contributed by atoms with van der Waals surface area (Å²) in [6.07, 6.45) is 2.85. The van der Waals surface area contributed by atoms with Crippen LogP contribution < -0.4 is 30.2 Å². The van der Waals surface area contributed by atoms with E-state index in [0.717, 1.165) is 23.5 Å². The van der Waals surface area contributed by atoms with Crippen molar-refractivity contribution in [3.63, 3.8) is 0 Å². The van der Waals surface area contributed by atoms with Gasteiger partial charge in [0.1, 0.15) is 44.0 Å². The van der Waals surface area contributed by atoms with Gasteiger partial charge in [0.25, 0.3) is 11.8 Å². The molecule has 3 atom stereocenters. The van der Waals surface area contributed by atoms with Crippen LogP contribution in [0, 0.1) is 5.92 Å². The Morgan fingerprint density at radius 3 is 2.13 bits per heavy atom. The van der Waals surface area contributed by atoms with Gasteiger partial charge in [0.05, 0.1) is 42.8 Å². The maximum absolute atomic E-state index is 13.8. The second-order valence-electron chi connectivity index (χ2n) is 16.3. The number of nitrogens with zero attached hydrogens (tertiary/aromatic N) is 1. The van der Waals surface area contributed by atoms with E-state index in [0.29, 0.717) is 55.1 Å². The average Bonchev–Trinajstić information content (AvgIpc) is 3.90. The minimum atomic E-state index is -1.41. The van der Waals surface area contributed by atoms with E-state index >= 15 is 0 Å². The molecular formula is C53H58N4O14. The Kier molecular flexibility index (Phi) is 19.5. The van der Waals surface area contributed by atoms with E-state index in [1.807, 2.05) is 19.1 Å². The molecule has 0 saturated heterocycles. The van der Waals surface area contributed by atoms with E-state index in [2.05, 4.69) is 16.0 Å². The largest absolute Gasteiger partial charge is 0.493 e. The molecule has 4 aromatic carbocycles. The number of esters is 2. The van der Waals surface area contributed by atoms with Crippen LogP contribution in [-0.4, -0.2) is 85.7 Å². The van der Waals surface area contributed by atoms with Gasteiger partial charge in [-0.15, -0.1) is 0 Å². The maximum atomic E-state index is 13.8. The molecule has 3 N–H and O–H groups in total. The molecule has 18 nitrogen and oxygen atoms in total. The molecular weight excluding hydrogens is 917 g/mol. The number of hydroxylamine groups is 2. The predicted octanol–water partition coefficient (Wildman–Crippen LogP) is 7.10. The molecule has 4 amide bonds. The fourth-order valence-corrected chi connectivity index (χ4v) is 7.65. The molecule has 0 bridgehead atoms. The van der Waals surface area contributed by atoms with Crippen molar-refractivity contribution < 1.29 is 66.5 Å². The number of unbranched alkanes of at least 4 members (excludes halogenated alkanes) is 2. The first-order valence-electron chi connectivity index (χ1n) is 23.5. The van der Waals surface area contributed by atoms with Crippen molar-refractivity contribution in [1.82, 2.24) is 21.0 Å². The number of ether oxygens (including phenoxy) is 5. The second kappa shape index (κ2) is 26.6. The average molecular weight is 975 g/mol. The summed E-state index contributed by atoms with van der Waals surface area (Å²) in [6, 6.07) is 27.8. The van der Waals surface area contributed by atoms with Crippen LogP contribution in [0.2, 0.25) is 0 Å². The lowest BCUT2D eigenvalue weighted by Gasteiger charge is -2.32.